The maximum absolute atomic E-state index is 12.0. The van der Waals surface area contributed by atoms with Crippen LogP contribution < -0.4 is 4.74 Å². The number of benzene rings is 1. The summed E-state index contributed by atoms with van der Waals surface area (Å²) in [4.78, 5) is 11.8. The molecule has 0 aliphatic carbocycles. The first-order chi connectivity index (χ1) is 9.34. The lowest BCUT2D eigenvalue weighted by atomic mass is 10.0. The second-order valence-corrected chi connectivity index (χ2v) is 4.34. The van der Waals surface area contributed by atoms with E-state index in [2.05, 4.69) is 4.74 Å². The molecule has 0 amide bonds. The van der Waals surface area contributed by atoms with E-state index in [0.717, 1.165) is 18.4 Å². The molecule has 0 atom stereocenters. The van der Waals surface area contributed by atoms with E-state index in [1.165, 1.54) is 24.3 Å². The molecule has 0 aliphatic rings. The summed E-state index contributed by atoms with van der Waals surface area (Å²) in [6.45, 7) is 3.96. The summed E-state index contributed by atoms with van der Waals surface area (Å²) in [5.41, 5.74) is 1.72. The summed E-state index contributed by atoms with van der Waals surface area (Å²) in [6.07, 6.45) is -1.27. The van der Waals surface area contributed by atoms with Crippen molar-refractivity contribution < 1.29 is 22.7 Å². The summed E-state index contributed by atoms with van der Waals surface area (Å²) >= 11 is 0. The van der Waals surface area contributed by atoms with Gasteiger partial charge < -0.3 is 4.74 Å². The highest BCUT2D eigenvalue weighted by Gasteiger charge is 2.30. The van der Waals surface area contributed by atoms with Crippen LogP contribution in [0.15, 0.2) is 35.9 Å². The molecule has 0 spiro atoms. The number of carbonyl (C=O) groups is 1. The molecule has 1 rings (SSSR count). The van der Waals surface area contributed by atoms with Gasteiger partial charge in [0.25, 0.3) is 0 Å². The van der Waals surface area contributed by atoms with E-state index in [9.17, 15) is 18.0 Å². The van der Waals surface area contributed by atoms with Gasteiger partial charge in [-0.15, -0.1) is 13.2 Å². The first-order valence-corrected chi connectivity index (χ1v) is 6.41. The third-order valence-corrected chi connectivity index (χ3v) is 2.81. The fourth-order valence-electron chi connectivity index (χ4n) is 1.74. The maximum atomic E-state index is 12.0. The molecule has 0 aromatic heterocycles. The first kappa shape index (κ1) is 16.3. The van der Waals surface area contributed by atoms with E-state index in [1.54, 1.807) is 6.08 Å². The second kappa shape index (κ2) is 7.12. The number of carbonyl (C=O) groups excluding carboxylic acids is 1. The monoisotopic (exact) mass is 286 g/mol. The van der Waals surface area contributed by atoms with Crippen molar-refractivity contribution in [2.75, 3.05) is 0 Å². The van der Waals surface area contributed by atoms with Crippen molar-refractivity contribution in [1.82, 2.24) is 0 Å². The Balaban J connectivity index is 2.66. The van der Waals surface area contributed by atoms with E-state index in [-0.39, 0.29) is 18.0 Å². The predicted octanol–water partition coefficient (Wildman–Crippen LogP) is 4.44. The Labute approximate surface area is 116 Å². The number of allylic oxidation sites excluding steroid dienone is 2. The zero-order chi connectivity index (χ0) is 15.2. The van der Waals surface area contributed by atoms with Crippen molar-refractivity contribution in [3.8, 4) is 5.75 Å². The fourth-order valence-corrected chi connectivity index (χ4v) is 1.74. The molecule has 0 bridgehead atoms. The smallest absolute Gasteiger partial charge is 0.406 e. The van der Waals surface area contributed by atoms with Crippen molar-refractivity contribution >= 4 is 5.78 Å². The van der Waals surface area contributed by atoms with Gasteiger partial charge in [-0.1, -0.05) is 31.6 Å². The van der Waals surface area contributed by atoms with Crippen molar-refractivity contribution in [3.05, 3.63) is 41.5 Å². The average molecular weight is 286 g/mol. The van der Waals surface area contributed by atoms with Crippen LogP contribution in [0.3, 0.4) is 0 Å². The van der Waals surface area contributed by atoms with Gasteiger partial charge in [0.05, 0.1) is 0 Å². The Morgan fingerprint density at radius 2 is 1.70 bits per heavy atom. The summed E-state index contributed by atoms with van der Waals surface area (Å²) < 4.78 is 39.7. The van der Waals surface area contributed by atoms with Gasteiger partial charge in [0.1, 0.15) is 5.75 Å². The quantitative estimate of drug-likeness (QED) is 0.722. The van der Waals surface area contributed by atoms with Gasteiger partial charge in [0.2, 0.25) is 0 Å². The second-order valence-electron chi connectivity index (χ2n) is 4.34. The minimum absolute atomic E-state index is 0.0480. The molecule has 0 N–H and O–H groups in total. The summed E-state index contributed by atoms with van der Waals surface area (Å²) in [7, 11) is 0. The Bertz CT molecular complexity index is 467. The molecule has 0 fully saturated rings. The minimum atomic E-state index is -4.70. The lowest BCUT2D eigenvalue weighted by molar-refractivity contribution is -0.274. The van der Waals surface area contributed by atoms with Crippen LogP contribution in [-0.4, -0.2) is 12.1 Å². The zero-order valence-corrected chi connectivity index (χ0v) is 11.5. The lowest BCUT2D eigenvalue weighted by Gasteiger charge is -2.09. The normalized spacial score (nSPS) is 11.1. The van der Waals surface area contributed by atoms with Crippen molar-refractivity contribution in [1.29, 1.82) is 0 Å². The minimum Gasteiger partial charge on any atom is -0.406 e. The third kappa shape index (κ3) is 5.91. The number of hydrogen-bond acceptors (Lipinski definition) is 2. The van der Waals surface area contributed by atoms with Crippen LogP contribution in [0.4, 0.5) is 13.2 Å². The molecule has 1 aromatic rings. The number of alkyl halides is 3. The van der Waals surface area contributed by atoms with Gasteiger partial charge >= 0.3 is 6.36 Å². The summed E-state index contributed by atoms with van der Waals surface area (Å²) in [5, 5.41) is 0. The number of ether oxygens (including phenoxy) is 1. The van der Waals surface area contributed by atoms with Crippen LogP contribution in [0.1, 0.15) is 32.3 Å². The Kier molecular flexibility index (Phi) is 5.80. The largest absolute Gasteiger partial charge is 0.573 e. The highest BCUT2D eigenvalue weighted by Crippen LogP contribution is 2.22. The molecule has 0 saturated heterocycles. The van der Waals surface area contributed by atoms with Crippen molar-refractivity contribution in [2.45, 2.75) is 39.5 Å². The van der Waals surface area contributed by atoms with Gasteiger partial charge in [-0.2, -0.15) is 0 Å². The Hall–Kier alpha value is -1.78. The van der Waals surface area contributed by atoms with Gasteiger partial charge in [-0.25, -0.2) is 0 Å². The van der Waals surface area contributed by atoms with E-state index >= 15 is 0 Å². The summed E-state index contributed by atoms with van der Waals surface area (Å²) in [5.74, 6) is -0.333. The molecule has 0 radical (unpaired) electrons. The van der Waals surface area contributed by atoms with Crippen LogP contribution in [0.2, 0.25) is 0 Å². The molecular formula is C15H17F3O2. The first-order valence-electron chi connectivity index (χ1n) is 6.41. The number of halogens is 3. The standard InChI is InChI=1S/C15H17F3O2/c1-3-11(4-2)9-13(19)10-12-5-7-14(8-6-12)20-15(16,17)18/h5-9H,3-4,10H2,1-2H3. The SMILES string of the molecule is CCC(=CC(=O)Cc1ccc(OC(F)(F)F)cc1)CC. The Morgan fingerprint density at radius 1 is 1.15 bits per heavy atom. The molecule has 20 heavy (non-hydrogen) atoms. The molecule has 110 valence electrons. The highest BCUT2D eigenvalue weighted by atomic mass is 19.4. The molecule has 0 saturated carbocycles. The third-order valence-electron chi connectivity index (χ3n) is 2.81. The number of rotatable bonds is 6. The molecular weight excluding hydrogens is 269 g/mol. The lowest BCUT2D eigenvalue weighted by Crippen LogP contribution is -2.17. The van der Waals surface area contributed by atoms with Crippen molar-refractivity contribution in [2.24, 2.45) is 0 Å². The van der Waals surface area contributed by atoms with Gasteiger partial charge in [0, 0.05) is 6.42 Å². The fraction of sp³-hybridized carbons (Fsp3) is 0.400. The molecule has 2 nitrogen and oxygen atoms in total. The molecule has 0 heterocycles. The van der Waals surface area contributed by atoms with Gasteiger partial charge in [-0.05, 0) is 36.6 Å². The molecule has 0 aliphatic heterocycles. The van der Waals surface area contributed by atoms with E-state index in [1.807, 2.05) is 13.8 Å². The molecule has 1 aromatic carbocycles. The van der Waals surface area contributed by atoms with Gasteiger partial charge in [0.15, 0.2) is 5.78 Å². The number of hydrogen-bond donors (Lipinski definition) is 0. The van der Waals surface area contributed by atoms with Crippen molar-refractivity contribution in [3.63, 3.8) is 0 Å². The predicted molar refractivity (Wildman–Crippen MR) is 70.5 cm³/mol. The van der Waals surface area contributed by atoms with E-state index < -0.39 is 6.36 Å². The summed E-state index contributed by atoms with van der Waals surface area (Å²) in [6, 6.07) is 5.34. The average Bonchev–Trinajstić information content (AvgIpc) is 2.36. The topological polar surface area (TPSA) is 26.3 Å². The maximum Gasteiger partial charge on any atom is 0.573 e. The van der Waals surface area contributed by atoms with Crippen LogP contribution >= 0.6 is 0 Å². The van der Waals surface area contributed by atoms with Crippen LogP contribution in [0.5, 0.6) is 5.75 Å². The van der Waals surface area contributed by atoms with Crippen LogP contribution in [0, 0.1) is 0 Å². The van der Waals surface area contributed by atoms with E-state index in [4.69, 9.17) is 0 Å². The number of ketones is 1. The van der Waals surface area contributed by atoms with Gasteiger partial charge in [-0.3, -0.25) is 4.79 Å². The molecule has 0 unspecified atom stereocenters. The van der Waals surface area contributed by atoms with Crippen LogP contribution in [0.25, 0.3) is 0 Å². The Morgan fingerprint density at radius 3 is 2.15 bits per heavy atom. The van der Waals surface area contributed by atoms with Crippen LogP contribution in [-0.2, 0) is 11.2 Å². The molecule has 5 heteroatoms. The zero-order valence-electron chi connectivity index (χ0n) is 11.5. The van der Waals surface area contributed by atoms with E-state index in [0.29, 0.717) is 5.56 Å². The highest BCUT2D eigenvalue weighted by molar-refractivity contribution is 5.92.